The molecule has 4 heteroatoms. The van der Waals surface area contributed by atoms with Crippen LogP contribution in [0, 0.1) is 0 Å². The van der Waals surface area contributed by atoms with Gasteiger partial charge in [0.05, 0.1) is 14.2 Å². The number of phenolic OH excluding ortho intramolecular Hbond substituents is 1. The van der Waals surface area contributed by atoms with E-state index < -0.39 is 0 Å². The third-order valence-electron chi connectivity index (χ3n) is 2.70. The lowest BCUT2D eigenvalue weighted by molar-refractivity contribution is 0.356. The van der Waals surface area contributed by atoms with Crippen molar-refractivity contribution in [1.82, 2.24) is 0 Å². The van der Waals surface area contributed by atoms with Crippen LogP contribution in [0.4, 0.5) is 0 Å². The molecule has 17 heavy (non-hydrogen) atoms. The zero-order valence-corrected chi connectivity index (χ0v) is 11.1. The van der Waals surface area contributed by atoms with Gasteiger partial charge >= 0.3 is 0 Å². The van der Waals surface area contributed by atoms with E-state index in [1.54, 1.807) is 20.3 Å². The predicted octanol–water partition coefficient (Wildman–Crippen LogP) is 2.17. The highest BCUT2D eigenvalue weighted by molar-refractivity contribution is 5.59. The number of phenols is 1. The number of hydrogen-bond donors (Lipinski definition) is 2. The number of hydrogen-bond acceptors (Lipinski definition) is 4. The average molecular weight is 239 g/mol. The van der Waals surface area contributed by atoms with E-state index in [2.05, 4.69) is 20.8 Å². The quantitative estimate of drug-likeness (QED) is 0.848. The largest absolute Gasteiger partial charge is 0.507 e. The summed E-state index contributed by atoms with van der Waals surface area (Å²) in [6.07, 6.45) is 0. The average Bonchev–Trinajstić information content (AvgIpc) is 2.25. The van der Waals surface area contributed by atoms with Gasteiger partial charge in [-0.1, -0.05) is 20.8 Å². The number of benzene rings is 1. The van der Waals surface area contributed by atoms with Gasteiger partial charge in [-0.3, -0.25) is 0 Å². The van der Waals surface area contributed by atoms with Gasteiger partial charge in [-0.25, -0.2) is 0 Å². The maximum Gasteiger partial charge on any atom is 0.134 e. The van der Waals surface area contributed by atoms with E-state index in [4.69, 9.17) is 15.2 Å². The van der Waals surface area contributed by atoms with Crippen LogP contribution in [0.2, 0.25) is 0 Å². The number of nitrogens with two attached hydrogens (primary N) is 1. The molecule has 0 aromatic heterocycles. The monoisotopic (exact) mass is 239 g/mol. The Morgan fingerprint density at radius 3 is 2.18 bits per heavy atom. The summed E-state index contributed by atoms with van der Waals surface area (Å²) in [5.41, 5.74) is 7.02. The van der Waals surface area contributed by atoms with E-state index in [1.165, 1.54) is 0 Å². The Kier molecular flexibility index (Phi) is 3.88. The second-order valence-corrected chi connectivity index (χ2v) is 4.94. The molecular formula is C13H21NO3. The van der Waals surface area contributed by atoms with Crippen LogP contribution in [-0.4, -0.2) is 19.3 Å². The lowest BCUT2D eigenvalue weighted by Gasteiger charge is -2.26. The Labute approximate surface area is 102 Å². The lowest BCUT2D eigenvalue weighted by atomic mass is 9.84. The lowest BCUT2D eigenvalue weighted by Crippen LogP contribution is -2.16. The van der Waals surface area contributed by atoms with Crippen molar-refractivity contribution in [2.75, 3.05) is 14.2 Å². The summed E-state index contributed by atoms with van der Waals surface area (Å²) >= 11 is 0. The van der Waals surface area contributed by atoms with Gasteiger partial charge in [0.15, 0.2) is 0 Å². The minimum Gasteiger partial charge on any atom is -0.507 e. The Morgan fingerprint density at radius 1 is 1.24 bits per heavy atom. The highest BCUT2D eigenvalue weighted by Gasteiger charge is 2.27. The molecule has 0 aliphatic heterocycles. The van der Waals surface area contributed by atoms with Crippen LogP contribution < -0.4 is 15.2 Å². The van der Waals surface area contributed by atoms with E-state index in [9.17, 15) is 5.11 Å². The second kappa shape index (κ2) is 4.84. The Morgan fingerprint density at radius 2 is 1.82 bits per heavy atom. The number of aromatic hydroxyl groups is 1. The van der Waals surface area contributed by atoms with Gasteiger partial charge in [-0.15, -0.1) is 0 Å². The molecule has 0 spiro atoms. The van der Waals surface area contributed by atoms with Gasteiger partial charge in [-0.2, -0.15) is 0 Å². The third-order valence-corrected chi connectivity index (χ3v) is 2.70. The fraction of sp³-hybridized carbons (Fsp3) is 0.538. The topological polar surface area (TPSA) is 64.7 Å². The molecule has 1 aromatic carbocycles. The van der Waals surface area contributed by atoms with E-state index in [1.807, 2.05) is 0 Å². The molecule has 0 saturated heterocycles. The fourth-order valence-corrected chi connectivity index (χ4v) is 1.96. The molecule has 3 N–H and O–H groups in total. The summed E-state index contributed by atoms with van der Waals surface area (Å²) in [4.78, 5) is 0. The van der Waals surface area contributed by atoms with Crippen LogP contribution in [-0.2, 0) is 12.0 Å². The van der Waals surface area contributed by atoms with Crippen LogP contribution in [0.3, 0.4) is 0 Å². The van der Waals surface area contributed by atoms with Crippen LogP contribution >= 0.6 is 0 Å². The van der Waals surface area contributed by atoms with E-state index >= 15 is 0 Å². The number of rotatable bonds is 3. The van der Waals surface area contributed by atoms with Crippen molar-refractivity contribution in [3.63, 3.8) is 0 Å². The first-order valence-electron chi connectivity index (χ1n) is 5.54. The van der Waals surface area contributed by atoms with Crippen molar-refractivity contribution < 1.29 is 14.6 Å². The summed E-state index contributed by atoms with van der Waals surface area (Å²) < 4.78 is 10.7. The molecule has 0 aliphatic carbocycles. The maximum absolute atomic E-state index is 9.88. The zero-order chi connectivity index (χ0) is 13.2. The highest BCUT2D eigenvalue weighted by Crippen LogP contribution is 2.44. The van der Waals surface area contributed by atoms with Gasteiger partial charge in [0, 0.05) is 23.7 Å². The van der Waals surface area contributed by atoms with Gasteiger partial charge in [-0.05, 0) is 5.41 Å². The normalized spacial score (nSPS) is 11.4. The first-order valence-corrected chi connectivity index (χ1v) is 5.54. The molecule has 0 aliphatic rings. The van der Waals surface area contributed by atoms with Gasteiger partial charge in [0.25, 0.3) is 0 Å². The minimum absolute atomic E-state index is 0.106. The second-order valence-electron chi connectivity index (χ2n) is 4.94. The Hall–Kier alpha value is -1.42. The number of methoxy groups -OCH3 is 2. The van der Waals surface area contributed by atoms with Crippen LogP contribution in [0.15, 0.2) is 6.07 Å². The summed E-state index contributed by atoms with van der Waals surface area (Å²) in [5, 5.41) is 9.88. The molecule has 1 rings (SSSR count). The van der Waals surface area contributed by atoms with Crippen molar-refractivity contribution in [1.29, 1.82) is 0 Å². The molecule has 0 radical (unpaired) electrons. The maximum atomic E-state index is 9.88. The Balaban J connectivity index is 3.63. The zero-order valence-electron chi connectivity index (χ0n) is 11.1. The molecule has 0 fully saturated rings. The highest BCUT2D eigenvalue weighted by atomic mass is 16.5. The third kappa shape index (κ3) is 2.47. The summed E-state index contributed by atoms with van der Waals surface area (Å²) in [6.45, 7) is 6.40. The van der Waals surface area contributed by atoms with E-state index in [0.717, 1.165) is 5.56 Å². The molecule has 4 nitrogen and oxygen atoms in total. The SMILES string of the molecule is COc1cc(O)c(CN)c(OC)c1C(C)(C)C. The minimum atomic E-state index is -0.158. The molecule has 0 bridgehead atoms. The van der Waals surface area contributed by atoms with Crippen LogP contribution in [0.5, 0.6) is 17.2 Å². The van der Waals surface area contributed by atoms with Gasteiger partial charge in [0.2, 0.25) is 0 Å². The predicted molar refractivity (Wildman–Crippen MR) is 67.8 cm³/mol. The summed E-state index contributed by atoms with van der Waals surface area (Å²) in [7, 11) is 3.15. The van der Waals surface area contributed by atoms with E-state index in [0.29, 0.717) is 17.1 Å². The molecular weight excluding hydrogens is 218 g/mol. The van der Waals surface area contributed by atoms with E-state index in [-0.39, 0.29) is 17.7 Å². The smallest absolute Gasteiger partial charge is 0.134 e. The molecule has 0 unspecified atom stereocenters. The van der Waals surface area contributed by atoms with Crippen LogP contribution in [0.25, 0.3) is 0 Å². The van der Waals surface area contributed by atoms with Crippen molar-refractivity contribution in [3.05, 3.63) is 17.2 Å². The summed E-state index contributed by atoms with van der Waals surface area (Å²) in [6, 6.07) is 1.59. The molecule has 1 aromatic rings. The van der Waals surface area contributed by atoms with Gasteiger partial charge in [0.1, 0.15) is 17.2 Å². The molecule has 0 saturated carbocycles. The molecule has 96 valence electrons. The molecule has 0 heterocycles. The Bertz CT molecular complexity index is 408. The fourth-order valence-electron chi connectivity index (χ4n) is 1.96. The van der Waals surface area contributed by atoms with Crippen molar-refractivity contribution >= 4 is 0 Å². The molecule has 0 amide bonds. The first kappa shape index (κ1) is 13.6. The van der Waals surface area contributed by atoms with Crippen molar-refractivity contribution in [2.45, 2.75) is 32.7 Å². The van der Waals surface area contributed by atoms with Crippen LogP contribution in [0.1, 0.15) is 31.9 Å². The standard InChI is InChI=1S/C13H21NO3/c1-13(2,3)11-10(16-4)6-9(15)8(7-14)12(11)17-5/h6,15H,7,14H2,1-5H3. The van der Waals surface area contributed by atoms with Crippen molar-refractivity contribution in [2.24, 2.45) is 5.73 Å². The summed E-state index contributed by atoms with van der Waals surface area (Å²) in [5.74, 6) is 1.33. The first-order chi connectivity index (χ1) is 7.86. The van der Waals surface area contributed by atoms with Gasteiger partial charge < -0.3 is 20.3 Å². The number of ether oxygens (including phenoxy) is 2. The molecule has 0 atom stereocenters. The van der Waals surface area contributed by atoms with Crippen molar-refractivity contribution in [3.8, 4) is 17.2 Å².